The molecule has 0 saturated carbocycles. The Balaban J connectivity index is 2.25. The van der Waals surface area contributed by atoms with Crippen molar-refractivity contribution >= 4 is 5.91 Å². The number of likely N-dealkylation sites (tertiary alicyclic amines) is 1. The lowest BCUT2D eigenvalue weighted by Crippen LogP contribution is -2.58. The molecular formula is C14H19NO2. The minimum absolute atomic E-state index is 0.00866. The molecule has 1 unspecified atom stereocenters. The van der Waals surface area contributed by atoms with Gasteiger partial charge in [-0.2, -0.15) is 0 Å². The highest BCUT2D eigenvalue weighted by molar-refractivity contribution is 5.94. The van der Waals surface area contributed by atoms with Crippen molar-refractivity contribution in [2.24, 2.45) is 0 Å². The Morgan fingerprint density at radius 3 is 2.65 bits per heavy atom. The summed E-state index contributed by atoms with van der Waals surface area (Å²) in [6.45, 7) is 4.58. The van der Waals surface area contributed by atoms with Crippen molar-refractivity contribution in [2.75, 3.05) is 6.54 Å². The first kappa shape index (κ1) is 12.1. The molecule has 3 heteroatoms. The number of hydrogen-bond donors (Lipinski definition) is 1. The third kappa shape index (κ3) is 2.20. The van der Waals surface area contributed by atoms with Crippen molar-refractivity contribution in [3.05, 3.63) is 35.9 Å². The van der Waals surface area contributed by atoms with E-state index in [1.807, 2.05) is 44.2 Å². The summed E-state index contributed by atoms with van der Waals surface area (Å²) in [6.07, 6.45) is 1.19. The van der Waals surface area contributed by atoms with Gasteiger partial charge in [-0.25, -0.2) is 0 Å². The third-order valence-electron chi connectivity index (χ3n) is 3.64. The lowest BCUT2D eigenvalue weighted by atomic mass is 9.86. The number of aliphatic hydroxyl groups excluding tert-OH is 1. The van der Waals surface area contributed by atoms with E-state index < -0.39 is 11.6 Å². The van der Waals surface area contributed by atoms with Crippen LogP contribution in [0.15, 0.2) is 30.3 Å². The summed E-state index contributed by atoms with van der Waals surface area (Å²) in [5.41, 5.74) is 0.209. The van der Waals surface area contributed by atoms with Crippen molar-refractivity contribution in [1.29, 1.82) is 0 Å². The molecule has 3 nitrogen and oxygen atoms in total. The van der Waals surface area contributed by atoms with Gasteiger partial charge in [0.25, 0.3) is 5.91 Å². The van der Waals surface area contributed by atoms with E-state index in [1.165, 1.54) is 0 Å². The second-order valence-electron chi connectivity index (χ2n) is 5.13. The van der Waals surface area contributed by atoms with Gasteiger partial charge in [-0.3, -0.25) is 4.79 Å². The van der Waals surface area contributed by atoms with Crippen LogP contribution in [0, 0.1) is 0 Å². The first-order valence-electron chi connectivity index (χ1n) is 6.08. The predicted molar refractivity (Wildman–Crippen MR) is 66.8 cm³/mol. The number of benzene rings is 1. The molecule has 1 aromatic rings. The van der Waals surface area contributed by atoms with Gasteiger partial charge in [0.05, 0.1) is 11.6 Å². The zero-order chi connectivity index (χ0) is 12.5. The van der Waals surface area contributed by atoms with Crippen molar-refractivity contribution in [3.63, 3.8) is 0 Å². The van der Waals surface area contributed by atoms with E-state index in [9.17, 15) is 9.90 Å². The van der Waals surface area contributed by atoms with E-state index in [-0.39, 0.29) is 5.91 Å². The van der Waals surface area contributed by atoms with Crippen LogP contribution in [0.3, 0.4) is 0 Å². The molecule has 92 valence electrons. The average Bonchev–Trinajstić information content (AvgIpc) is 2.33. The fourth-order valence-electron chi connectivity index (χ4n) is 2.36. The normalized spacial score (nSPS) is 23.5. The van der Waals surface area contributed by atoms with Gasteiger partial charge in [-0.05, 0) is 38.8 Å². The molecule has 0 radical (unpaired) electrons. The van der Waals surface area contributed by atoms with E-state index in [1.54, 1.807) is 4.90 Å². The molecule has 1 amide bonds. The van der Waals surface area contributed by atoms with Crippen LogP contribution in [0.2, 0.25) is 0 Å². The van der Waals surface area contributed by atoms with Crippen LogP contribution >= 0.6 is 0 Å². The molecule has 1 aromatic carbocycles. The second-order valence-corrected chi connectivity index (χ2v) is 5.13. The number of hydrogen-bond acceptors (Lipinski definition) is 2. The highest BCUT2D eigenvalue weighted by Crippen LogP contribution is 2.29. The van der Waals surface area contributed by atoms with Gasteiger partial charge < -0.3 is 10.0 Å². The van der Waals surface area contributed by atoms with Gasteiger partial charge in [-0.1, -0.05) is 18.2 Å². The smallest absolute Gasteiger partial charge is 0.254 e. The average molecular weight is 233 g/mol. The Morgan fingerprint density at radius 1 is 1.35 bits per heavy atom. The van der Waals surface area contributed by atoms with Crippen molar-refractivity contribution in [2.45, 2.75) is 38.3 Å². The topological polar surface area (TPSA) is 40.5 Å². The number of carbonyl (C=O) groups excluding carboxylic acids is 1. The fourth-order valence-corrected chi connectivity index (χ4v) is 2.36. The molecule has 1 heterocycles. The van der Waals surface area contributed by atoms with Crippen LogP contribution in [-0.4, -0.2) is 34.1 Å². The highest BCUT2D eigenvalue weighted by Gasteiger charge is 2.40. The molecule has 1 saturated heterocycles. The Labute approximate surface area is 102 Å². The maximum absolute atomic E-state index is 12.4. The molecule has 1 atom stereocenters. The largest absolute Gasteiger partial charge is 0.391 e. The standard InChI is InChI=1S/C14H19NO2/c1-14(2)12(16)9-6-10-15(14)13(17)11-7-4-3-5-8-11/h3-5,7-8,12,16H,6,9-10H2,1-2H3. The molecule has 0 aliphatic carbocycles. The monoisotopic (exact) mass is 233 g/mol. The number of aliphatic hydroxyl groups is 1. The minimum atomic E-state index is -0.481. The van der Waals surface area contributed by atoms with Crippen LogP contribution in [-0.2, 0) is 0 Å². The summed E-state index contributed by atoms with van der Waals surface area (Å²) in [5, 5.41) is 10.0. The number of amides is 1. The summed E-state index contributed by atoms with van der Waals surface area (Å²) in [4.78, 5) is 14.2. The van der Waals surface area contributed by atoms with Gasteiger partial charge >= 0.3 is 0 Å². The van der Waals surface area contributed by atoms with Crippen LogP contribution in [0.5, 0.6) is 0 Å². The van der Waals surface area contributed by atoms with E-state index in [2.05, 4.69) is 0 Å². The number of carbonyl (C=O) groups is 1. The highest BCUT2D eigenvalue weighted by atomic mass is 16.3. The van der Waals surface area contributed by atoms with Crippen LogP contribution < -0.4 is 0 Å². The van der Waals surface area contributed by atoms with Crippen molar-refractivity contribution in [1.82, 2.24) is 4.90 Å². The molecule has 1 N–H and O–H groups in total. The van der Waals surface area contributed by atoms with Crippen molar-refractivity contribution in [3.8, 4) is 0 Å². The van der Waals surface area contributed by atoms with Gasteiger partial charge in [0, 0.05) is 12.1 Å². The SMILES string of the molecule is CC1(C)C(O)CCCN1C(=O)c1ccccc1. The van der Waals surface area contributed by atoms with Gasteiger partial charge in [0.15, 0.2) is 0 Å². The van der Waals surface area contributed by atoms with Gasteiger partial charge in [0.1, 0.15) is 0 Å². The molecule has 17 heavy (non-hydrogen) atoms. The van der Waals surface area contributed by atoms with Crippen LogP contribution in [0.1, 0.15) is 37.0 Å². The van der Waals surface area contributed by atoms with Crippen LogP contribution in [0.25, 0.3) is 0 Å². The summed E-state index contributed by atoms with van der Waals surface area (Å²) < 4.78 is 0. The summed E-state index contributed by atoms with van der Waals surface area (Å²) >= 11 is 0. The number of nitrogens with zero attached hydrogens (tertiary/aromatic N) is 1. The third-order valence-corrected chi connectivity index (χ3v) is 3.64. The van der Waals surface area contributed by atoms with E-state index in [0.29, 0.717) is 5.56 Å². The quantitative estimate of drug-likeness (QED) is 0.806. The molecule has 0 bridgehead atoms. The Bertz CT molecular complexity index is 400. The predicted octanol–water partition coefficient (Wildman–Crippen LogP) is 2.06. The first-order chi connectivity index (χ1) is 8.03. The molecular weight excluding hydrogens is 214 g/mol. The molecule has 1 aliphatic heterocycles. The minimum Gasteiger partial charge on any atom is -0.391 e. The number of piperidine rings is 1. The molecule has 1 fully saturated rings. The second kappa shape index (κ2) is 4.49. The van der Waals surface area contributed by atoms with E-state index >= 15 is 0 Å². The fraction of sp³-hybridized carbons (Fsp3) is 0.500. The van der Waals surface area contributed by atoms with E-state index in [4.69, 9.17) is 0 Å². The van der Waals surface area contributed by atoms with Gasteiger partial charge in [0.2, 0.25) is 0 Å². The molecule has 0 aromatic heterocycles. The maximum atomic E-state index is 12.4. The zero-order valence-electron chi connectivity index (χ0n) is 10.4. The first-order valence-corrected chi connectivity index (χ1v) is 6.08. The molecule has 2 rings (SSSR count). The molecule has 1 aliphatic rings. The van der Waals surface area contributed by atoms with E-state index in [0.717, 1.165) is 19.4 Å². The molecule has 0 spiro atoms. The van der Waals surface area contributed by atoms with Crippen molar-refractivity contribution < 1.29 is 9.90 Å². The Morgan fingerprint density at radius 2 is 2.00 bits per heavy atom. The maximum Gasteiger partial charge on any atom is 0.254 e. The lowest BCUT2D eigenvalue weighted by molar-refractivity contribution is -0.0307. The van der Waals surface area contributed by atoms with Crippen LogP contribution in [0.4, 0.5) is 0 Å². The summed E-state index contributed by atoms with van der Waals surface area (Å²) in [6, 6.07) is 9.26. The lowest BCUT2D eigenvalue weighted by Gasteiger charge is -2.45. The zero-order valence-corrected chi connectivity index (χ0v) is 10.4. The Hall–Kier alpha value is -1.35. The van der Waals surface area contributed by atoms with Gasteiger partial charge in [-0.15, -0.1) is 0 Å². The number of rotatable bonds is 1. The Kier molecular flexibility index (Phi) is 3.20. The summed E-state index contributed by atoms with van der Waals surface area (Å²) in [7, 11) is 0. The summed E-state index contributed by atoms with van der Waals surface area (Å²) in [5.74, 6) is 0.00866.